The van der Waals surface area contributed by atoms with Crippen LogP contribution < -0.4 is 14.3 Å². The molecule has 47 heavy (non-hydrogen) atoms. The van der Waals surface area contributed by atoms with Crippen LogP contribution in [0.5, 0.6) is 0 Å². The fraction of sp³-hybridized carbons (Fsp3) is 0.176. The van der Waals surface area contributed by atoms with E-state index in [1.807, 2.05) is 0 Å². The second-order valence-electron chi connectivity index (χ2n) is 11.0. The molecule has 0 aliphatic rings. The van der Waals surface area contributed by atoms with Crippen LogP contribution in [0.4, 0.5) is 17.1 Å². The quantitative estimate of drug-likeness (QED) is 0.123. The Hall–Kier alpha value is -4.98. The van der Waals surface area contributed by atoms with E-state index >= 15 is 0 Å². The van der Waals surface area contributed by atoms with Crippen molar-refractivity contribution in [3.8, 4) is 11.1 Å². The van der Waals surface area contributed by atoms with E-state index in [0.29, 0.717) is 27.9 Å². The largest absolute Gasteiger partial charge is 0.755 e. The fourth-order valence-electron chi connectivity index (χ4n) is 5.24. The molecule has 4 aromatic carbocycles. The van der Waals surface area contributed by atoms with Gasteiger partial charge in [0.05, 0.1) is 17.7 Å². The zero-order valence-electron chi connectivity index (χ0n) is 25.9. The van der Waals surface area contributed by atoms with E-state index in [1.54, 1.807) is 106 Å². The molecule has 2 atom stereocenters. The number of nitrogens with one attached hydrogen (secondary N) is 2. The van der Waals surface area contributed by atoms with Crippen LogP contribution in [0.25, 0.3) is 22.1 Å². The summed E-state index contributed by atoms with van der Waals surface area (Å²) in [7, 11) is -2.66. The van der Waals surface area contributed by atoms with Gasteiger partial charge in [-0.25, -0.2) is 13.2 Å². The molecule has 244 valence electrons. The Morgan fingerprint density at radius 2 is 1.51 bits per heavy atom. The number of carbonyl (C=O) groups excluding carboxylic acids is 2. The highest BCUT2D eigenvalue weighted by Crippen LogP contribution is 2.34. The van der Waals surface area contributed by atoms with Crippen molar-refractivity contribution in [1.29, 1.82) is 0 Å². The summed E-state index contributed by atoms with van der Waals surface area (Å²) in [4.78, 5) is 25.7. The maximum Gasteiger partial charge on any atom is 0.329 e. The van der Waals surface area contributed by atoms with E-state index < -0.39 is 39.2 Å². The SMILES string of the molecule is COC(=O)C(C(C)C)N(c1ccc(-c2ccc(NC(=O)c3oc4cccc(NS(=O)(=O)c5ccccc5)c4c3C)cc2)cc1)S(=O)[O-]. The molecule has 1 amide bonds. The van der Waals surface area contributed by atoms with E-state index in [0.717, 1.165) is 15.4 Å². The van der Waals surface area contributed by atoms with Crippen LogP contribution in [0.15, 0.2) is 106 Å². The number of anilines is 3. The average Bonchev–Trinajstić information content (AvgIpc) is 3.41. The number of rotatable bonds is 11. The minimum atomic E-state index is -3.87. The first-order chi connectivity index (χ1) is 22.4. The number of nitrogens with zero attached hydrogens (tertiary/aromatic N) is 1. The number of methoxy groups -OCH3 is 1. The first kappa shape index (κ1) is 33.4. The summed E-state index contributed by atoms with van der Waals surface area (Å²) < 4.78 is 64.4. The Morgan fingerprint density at radius 3 is 2.09 bits per heavy atom. The van der Waals surface area contributed by atoms with Crippen molar-refractivity contribution in [3.05, 3.63) is 108 Å². The van der Waals surface area contributed by atoms with Crippen molar-refractivity contribution in [1.82, 2.24) is 0 Å². The van der Waals surface area contributed by atoms with Gasteiger partial charge < -0.3 is 19.0 Å². The Morgan fingerprint density at radius 1 is 0.894 bits per heavy atom. The van der Waals surface area contributed by atoms with E-state index in [1.165, 1.54) is 19.2 Å². The molecule has 2 N–H and O–H groups in total. The molecule has 1 heterocycles. The lowest BCUT2D eigenvalue weighted by molar-refractivity contribution is -0.143. The van der Waals surface area contributed by atoms with E-state index in [9.17, 15) is 26.8 Å². The first-order valence-electron chi connectivity index (χ1n) is 14.5. The van der Waals surface area contributed by atoms with Gasteiger partial charge in [0.15, 0.2) is 5.76 Å². The number of esters is 1. The normalized spacial score (nSPS) is 12.8. The van der Waals surface area contributed by atoms with Gasteiger partial charge in [0.25, 0.3) is 15.9 Å². The number of sulfonamides is 1. The number of ether oxygens (including phenoxy) is 1. The second kappa shape index (κ2) is 13.8. The summed E-state index contributed by atoms with van der Waals surface area (Å²) >= 11 is -2.72. The van der Waals surface area contributed by atoms with Crippen LogP contribution in [0, 0.1) is 12.8 Å². The number of amides is 1. The highest BCUT2D eigenvalue weighted by atomic mass is 32.2. The van der Waals surface area contributed by atoms with Gasteiger partial charge in [0.2, 0.25) is 0 Å². The maximum atomic E-state index is 13.3. The van der Waals surface area contributed by atoms with Crippen molar-refractivity contribution in [3.63, 3.8) is 0 Å². The third-order valence-corrected chi connectivity index (χ3v) is 9.68. The molecule has 0 aliphatic heterocycles. The maximum absolute atomic E-state index is 13.3. The zero-order valence-corrected chi connectivity index (χ0v) is 27.6. The molecule has 5 rings (SSSR count). The van der Waals surface area contributed by atoms with Crippen LogP contribution in [-0.2, 0) is 30.8 Å². The molecule has 0 saturated carbocycles. The number of benzene rings is 4. The van der Waals surface area contributed by atoms with Gasteiger partial charge in [-0.05, 0) is 72.5 Å². The van der Waals surface area contributed by atoms with Crippen molar-refractivity contribution in [2.75, 3.05) is 21.5 Å². The van der Waals surface area contributed by atoms with Gasteiger partial charge in [0, 0.05) is 33.6 Å². The topological polar surface area (TPSA) is 158 Å². The van der Waals surface area contributed by atoms with Gasteiger partial charge in [-0.2, -0.15) is 0 Å². The first-order valence-corrected chi connectivity index (χ1v) is 17.0. The molecule has 0 fully saturated rings. The lowest BCUT2D eigenvalue weighted by atomic mass is 10.0. The molecule has 0 radical (unpaired) electrons. The minimum Gasteiger partial charge on any atom is -0.755 e. The van der Waals surface area contributed by atoms with E-state index in [2.05, 4.69) is 10.0 Å². The molecule has 0 saturated heterocycles. The van der Waals surface area contributed by atoms with Crippen LogP contribution in [0.2, 0.25) is 0 Å². The summed E-state index contributed by atoms with van der Waals surface area (Å²) in [6.07, 6.45) is 0. The number of aryl methyl sites for hydroxylation is 1. The smallest absolute Gasteiger partial charge is 0.329 e. The Balaban J connectivity index is 1.33. The van der Waals surface area contributed by atoms with Gasteiger partial charge in [-0.15, -0.1) is 0 Å². The Bertz CT molecular complexity index is 2040. The Labute approximate surface area is 275 Å². The number of hydrogen-bond donors (Lipinski definition) is 2. The highest BCUT2D eigenvalue weighted by molar-refractivity contribution is 7.92. The summed E-state index contributed by atoms with van der Waals surface area (Å²) in [5, 5.41) is 3.29. The molecular formula is C34H32N3O8S2-. The van der Waals surface area contributed by atoms with Gasteiger partial charge in [-0.1, -0.05) is 62.4 Å². The van der Waals surface area contributed by atoms with E-state index in [4.69, 9.17) is 9.15 Å². The number of carbonyl (C=O) groups is 2. The van der Waals surface area contributed by atoms with Crippen molar-refractivity contribution < 1.29 is 35.9 Å². The monoisotopic (exact) mass is 674 g/mol. The van der Waals surface area contributed by atoms with Gasteiger partial charge >= 0.3 is 5.97 Å². The molecule has 2 unspecified atom stereocenters. The predicted molar refractivity (Wildman–Crippen MR) is 180 cm³/mol. The summed E-state index contributed by atoms with van der Waals surface area (Å²) in [6.45, 7) is 5.16. The van der Waals surface area contributed by atoms with Crippen LogP contribution in [0.1, 0.15) is 30.0 Å². The molecule has 0 spiro atoms. The second-order valence-corrected chi connectivity index (χ2v) is 13.5. The zero-order chi connectivity index (χ0) is 33.9. The van der Waals surface area contributed by atoms with Crippen molar-refractivity contribution >= 4 is 61.2 Å². The lowest BCUT2D eigenvalue weighted by Crippen LogP contribution is -2.46. The predicted octanol–water partition coefficient (Wildman–Crippen LogP) is 6.26. The average molecular weight is 675 g/mol. The highest BCUT2D eigenvalue weighted by Gasteiger charge is 2.31. The van der Waals surface area contributed by atoms with Crippen LogP contribution in [-0.4, -0.2) is 42.2 Å². The third-order valence-electron chi connectivity index (χ3n) is 7.54. The summed E-state index contributed by atoms with van der Waals surface area (Å²) in [6, 6.07) is 25.6. The Kier molecular flexibility index (Phi) is 9.80. The fourth-order valence-corrected chi connectivity index (χ4v) is 7.14. The van der Waals surface area contributed by atoms with Crippen LogP contribution >= 0.6 is 0 Å². The summed E-state index contributed by atoms with van der Waals surface area (Å²) in [5.74, 6) is -1.46. The molecule has 13 heteroatoms. The molecule has 0 bridgehead atoms. The lowest BCUT2D eigenvalue weighted by Gasteiger charge is -2.35. The van der Waals surface area contributed by atoms with E-state index in [-0.39, 0.29) is 22.3 Å². The summed E-state index contributed by atoms with van der Waals surface area (Å²) in [5.41, 5.74) is 3.50. The van der Waals surface area contributed by atoms with Crippen molar-refractivity contribution in [2.24, 2.45) is 5.92 Å². The van der Waals surface area contributed by atoms with Gasteiger partial charge in [-0.3, -0.25) is 18.0 Å². The number of hydrogen-bond acceptors (Lipinski definition) is 8. The molecule has 1 aromatic heterocycles. The molecule has 5 aromatic rings. The standard InChI is InChI=1S/C34H33N3O8S2/c1-21(2)31(34(39)44-4)37(46(40)41)26-19-15-24(16-20-26)23-13-17-25(18-14-23)35-33(38)32-22(3)30-28(11-8-12-29(30)45-32)36-47(42,43)27-9-6-5-7-10-27/h5-21,31,36H,1-4H3,(H,35,38)(H,40,41)/p-1. The third kappa shape index (κ3) is 7.07. The van der Waals surface area contributed by atoms with Gasteiger partial charge in [0.1, 0.15) is 11.6 Å². The molecule has 0 aliphatic carbocycles. The minimum absolute atomic E-state index is 0.0398. The number of fused-ring (bicyclic) bond motifs is 1. The number of furan rings is 1. The molecule has 11 nitrogen and oxygen atoms in total. The van der Waals surface area contributed by atoms with Crippen LogP contribution in [0.3, 0.4) is 0 Å². The van der Waals surface area contributed by atoms with Crippen molar-refractivity contribution in [2.45, 2.75) is 31.7 Å². The molecular weight excluding hydrogens is 643 g/mol.